The first kappa shape index (κ1) is 17.7. The molecule has 0 bridgehead atoms. The normalized spacial score (nSPS) is 10.4. The number of amides is 2. The molecule has 0 aliphatic carbocycles. The third-order valence-electron chi connectivity index (χ3n) is 3.68. The van der Waals surface area contributed by atoms with Crippen molar-refractivity contribution in [2.45, 2.75) is 13.5 Å². The maximum Gasteiger partial charge on any atom is 0.256 e. The van der Waals surface area contributed by atoms with E-state index in [1.807, 2.05) is 18.2 Å². The largest absolute Gasteiger partial charge is 0.360 e. The first-order valence-corrected chi connectivity index (χ1v) is 8.27. The van der Waals surface area contributed by atoms with Crippen molar-refractivity contribution in [2.75, 3.05) is 5.32 Å². The van der Waals surface area contributed by atoms with Crippen LogP contribution in [0.5, 0.6) is 0 Å². The van der Waals surface area contributed by atoms with Crippen LogP contribution < -0.4 is 10.6 Å². The second-order valence-corrected chi connectivity index (χ2v) is 6.04. The van der Waals surface area contributed by atoms with Crippen molar-refractivity contribution < 1.29 is 14.1 Å². The summed E-state index contributed by atoms with van der Waals surface area (Å²) < 4.78 is 4.90. The molecule has 0 saturated carbocycles. The highest BCUT2D eigenvalue weighted by atomic mass is 35.5. The lowest BCUT2D eigenvalue weighted by Gasteiger charge is -2.07. The van der Waals surface area contributed by atoms with Crippen molar-refractivity contribution in [1.29, 1.82) is 0 Å². The van der Waals surface area contributed by atoms with Crippen LogP contribution in [0.4, 0.5) is 5.82 Å². The van der Waals surface area contributed by atoms with Crippen LogP contribution in [-0.4, -0.2) is 17.0 Å². The number of nitrogens with one attached hydrogen (secondary N) is 2. The summed E-state index contributed by atoms with van der Waals surface area (Å²) in [6, 6.07) is 15.3. The number of anilines is 1. The number of hydrogen-bond acceptors (Lipinski definition) is 4. The molecule has 3 aromatic rings. The molecule has 1 aromatic heterocycles. The van der Waals surface area contributed by atoms with Gasteiger partial charge in [0.1, 0.15) is 5.76 Å². The molecule has 0 aliphatic rings. The molecule has 2 N–H and O–H groups in total. The molecule has 0 spiro atoms. The molecule has 0 radical (unpaired) electrons. The first-order valence-electron chi connectivity index (χ1n) is 7.89. The fraction of sp³-hybridized carbons (Fsp3) is 0.105. The highest BCUT2D eigenvalue weighted by Gasteiger charge is 2.11. The van der Waals surface area contributed by atoms with Gasteiger partial charge in [-0.3, -0.25) is 9.59 Å². The van der Waals surface area contributed by atoms with Gasteiger partial charge in [0.05, 0.1) is 0 Å². The van der Waals surface area contributed by atoms with Crippen molar-refractivity contribution >= 4 is 29.2 Å². The minimum absolute atomic E-state index is 0.246. The van der Waals surface area contributed by atoms with Crippen LogP contribution in [0, 0.1) is 6.92 Å². The van der Waals surface area contributed by atoms with E-state index in [4.69, 9.17) is 16.1 Å². The van der Waals surface area contributed by atoms with Gasteiger partial charge in [-0.15, -0.1) is 0 Å². The lowest BCUT2D eigenvalue weighted by atomic mass is 10.1. The molecular weight excluding hydrogens is 354 g/mol. The van der Waals surface area contributed by atoms with E-state index < -0.39 is 0 Å². The van der Waals surface area contributed by atoms with Gasteiger partial charge in [-0.05, 0) is 42.8 Å². The highest BCUT2D eigenvalue weighted by molar-refractivity contribution is 6.31. The van der Waals surface area contributed by atoms with E-state index in [-0.39, 0.29) is 11.8 Å². The summed E-state index contributed by atoms with van der Waals surface area (Å²) in [6.07, 6.45) is 0. The van der Waals surface area contributed by atoms with E-state index in [2.05, 4.69) is 15.8 Å². The van der Waals surface area contributed by atoms with Gasteiger partial charge in [-0.25, -0.2) is 0 Å². The second-order valence-electron chi connectivity index (χ2n) is 5.63. The molecule has 0 saturated heterocycles. The van der Waals surface area contributed by atoms with Crippen molar-refractivity contribution in [2.24, 2.45) is 0 Å². The molecule has 2 amide bonds. The molecule has 132 valence electrons. The third kappa shape index (κ3) is 4.29. The summed E-state index contributed by atoms with van der Waals surface area (Å²) in [6.45, 7) is 2.06. The number of carbonyl (C=O) groups excluding carboxylic acids is 2. The maximum atomic E-state index is 12.2. The summed E-state index contributed by atoms with van der Waals surface area (Å²) in [7, 11) is 0. The standard InChI is InChI=1S/C19H16ClN3O3/c1-12-10-17(23-26-12)22-19(25)14-8-6-13(7-9-14)18(24)21-11-15-4-2-3-5-16(15)20/h2-10H,11H2,1H3,(H,21,24)(H,22,23,25). The summed E-state index contributed by atoms with van der Waals surface area (Å²) >= 11 is 6.07. The summed E-state index contributed by atoms with van der Waals surface area (Å²) in [4.78, 5) is 24.4. The van der Waals surface area contributed by atoms with Crippen molar-refractivity contribution in [3.05, 3.63) is 82.1 Å². The van der Waals surface area contributed by atoms with E-state index in [1.54, 1.807) is 43.3 Å². The Bertz CT molecular complexity index is 935. The van der Waals surface area contributed by atoms with Gasteiger partial charge in [0.25, 0.3) is 11.8 Å². The van der Waals surface area contributed by atoms with Crippen molar-refractivity contribution in [3.8, 4) is 0 Å². The Labute approximate surface area is 155 Å². The fourth-order valence-electron chi connectivity index (χ4n) is 2.31. The Balaban J connectivity index is 1.60. The van der Waals surface area contributed by atoms with Crippen LogP contribution in [-0.2, 0) is 6.54 Å². The van der Waals surface area contributed by atoms with Crippen LogP contribution in [0.3, 0.4) is 0 Å². The van der Waals surface area contributed by atoms with E-state index in [9.17, 15) is 9.59 Å². The first-order chi connectivity index (χ1) is 12.5. The Kier molecular flexibility index (Phi) is 5.34. The smallest absolute Gasteiger partial charge is 0.256 e. The predicted octanol–water partition coefficient (Wildman–Crippen LogP) is 3.82. The number of nitrogens with zero attached hydrogens (tertiary/aromatic N) is 1. The topological polar surface area (TPSA) is 84.2 Å². The Morgan fingerprint density at radius 3 is 2.31 bits per heavy atom. The van der Waals surface area contributed by atoms with Gasteiger partial charge < -0.3 is 15.2 Å². The van der Waals surface area contributed by atoms with E-state index in [1.165, 1.54) is 0 Å². The molecule has 0 aliphatic heterocycles. The minimum Gasteiger partial charge on any atom is -0.360 e. The van der Waals surface area contributed by atoms with Gasteiger partial charge in [-0.1, -0.05) is 35.0 Å². The minimum atomic E-state index is -0.332. The van der Waals surface area contributed by atoms with E-state index in [0.717, 1.165) is 5.56 Å². The molecule has 26 heavy (non-hydrogen) atoms. The number of rotatable bonds is 5. The SMILES string of the molecule is Cc1cc(NC(=O)c2ccc(C(=O)NCc3ccccc3Cl)cc2)no1. The Morgan fingerprint density at radius 1 is 1.04 bits per heavy atom. The molecule has 0 fully saturated rings. The number of aromatic nitrogens is 1. The molecule has 7 heteroatoms. The average Bonchev–Trinajstić information content (AvgIpc) is 3.05. The fourth-order valence-corrected chi connectivity index (χ4v) is 2.51. The molecule has 1 heterocycles. The third-order valence-corrected chi connectivity index (χ3v) is 4.04. The zero-order chi connectivity index (χ0) is 18.5. The molecule has 0 unspecified atom stereocenters. The van der Waals surface area contributed by atoms with Gasteiger partial charge in [0.15, 0.2) is 5.82 Å². The van der Waals surface area contributed by atoms with Gasteiger partial charge in [0.2, 0.25) is 0 Å². The van der Waals surface area contributed by atoms with Crippen LogP contribution in [0.15, 0.2) is 59.1 Å². The van der Waals surface area contributed by atoms with E-state index >= 15 is 0 Å². The maximum absolute atomic E-state index is 12.2. The van der Waals surface area contributed by atoms with Crippen LogP contribution in [0.25, 0.3) is 0 Å². The lowest BCUT2D eigenvalue weighted by molar-refractivity contribution is 0.0949. The lowest BCUT2D eigenvalue weighted by Crippen LogP contribution is -2.23. The van der Waals surface area contributed by atoms with Crippen LogP contribution >= 0.6 is 11.6 Å². The average molecular weight is 370 g/mol. The summed E-state index contributed by atoms with van der Waals surface area (Å²) in [5.74, 6) is 0.366. The zero-order valence-corrected chi connectivity index (χ0v) is 14.7. The second kappa shape index (κ2) is 7.84. The van der Waals surface area contributed by atoms with Crippen LogP contribution in [0.1, 0.15) is 32.0 Å². The predicted molar refractivity (Wildman–Crippen MR) is 98.3 cm³/mol. The summed E-state index contributed by atoms with van der Waals surface area (Å²) in [5, 5.41) is 9.73. The molecule has 6 nitrogen and oxygen atoms in total. The highest BCUT2D eigenvalue weighted by Crippen LogP contribution is 2.15. The quantitative estimate of drug-likeness (QED) is 0.716. The molecular formula is C19H16ClN3O3. The van der Waals surface area contributed by atoms with E-state index in [0.29, 0.717) is 34.3 Å². The van der Waals surface area contributed by atoms with Crippen molar-refractivity contribution in [1.82, 2.24) is 10.5 Å². The monoisotopic (exact) mass is 369 g/mol. The van der Waals surface area contributed by atoms with Gasteiger partial charge in [-0.2, -0.15) is 0 Å². The molecule has 2 aromatic carbocycles. The summed E-state index contributed by atoms with van der Waals surface area (Å²) in [5.41, 5.74) is 1.70. The zero-order valence-electron chi connectivity index (χ0n) is 14.0. The Hall–Kier alpha value is -3.12. The molecule has 0 atom stereocenters. The molecule has 3 rings (SSSR count). The number of halogens is 1. The number of hydrogen-bond donors (Lipinski definition) is 2. The van der Waals surface area contributed by atoms with Crippen molar-refractivity contribution in [3.63, 3.8) is 0 Å². The number of benzene rings is 2. The number of aryl methyl sites for hydroxylation is 1. The van der Waals surface area contributed by atoms with Gasteiger partial charge >= 0.3 is 0 Å². The van der Waals surface area contributed by atoms with Gasteiger partial charge in [0, 0.05) is 28.8 Å². The van der Waals surface area contributed by atoms with Crippen LogP contribution in [0.2, 0.25) is 5.02 Å². The number of carbonyl (C=O) groups is 2. The Morgan fingerprint density at radius 2 is 1.69 bits per heavy atom.